The van der Waals surface area contributed by atoms with E-state index in [1.165, 1.54) is 18.2 Å². The predicted molar refractivity (Wildman–Crippen MR) is 133 cm³/mol. The van der Waals surface area contributed by atoms with E-state index in [1.807, 2.05) is 30.3 Å². The monoisotopic (exact) mass is 519 g/mol. The van der Waals surface area contributed by atoms with Gasteiger partial charge in [-0.05, 0) is 24.1 Å². The maximum atomic E-state index is 13.4. The summed E-state index contributed by atoms with van der Waals surface area (Å²) in [5.41, 5.74) is 0.931. The fraction of sp³-hybridized carbons (Fsp3) is 0.296. The molecule has 4 rings (SSSR count). The summed E-state index contributed by atoms with van der Waals surface area (Å²) in [6.07, 6.45) is 0.452. The van der Waals surface area contributed by atoms with Gasteiger partial charge in [-0.1, -0.05) is 30.3 Å². The fourth-order valence-electron chi connectivity index (χ4n) is 4.20. The molecule has 11 nitrogen and oxygen atoms in total. The molecular weight excluding hydrogens is 494 g/mol. The molecule has 1 saturated heterocycles. The molecule has 0 aliphatic carbocycles. The summed E-state index contributed by atoms with van der Waals surface area (Å²) in [7, 11) is 1.15. The molecule has 1 N–H and O–H groups in total. The Bertz CT molecular complexity index is 1370. The van der Waals surface area contributed by atoms with Crippen LogP contribution < -0.4 is 10.1 Å². The summed E-state index contributed by atoms with van der Waals surface area (Å²) in [4.78, 5) is 37.0. The summed E-state index contributed by atoms with van der Waals surface area (Å²) in [5, 5.41) is 23.9. The van der Waals surface area contributed by atoms with Gasteiger partial charge in [0.2, 0.25) is 0 Å². The van der Waals surface area contributed by atoms with E-state index >= 15 is 0 Å². The zero-order valence-corrected chi connectivity index (χ0v) is 20.8. The van der Waals surface area contributed by atoms with Crippen molar-refractivity contribution in [2.45, 2.75) is 25.4 Å². The number of nitrogens with one attached hydrogen (secondary N) is 1. The van der Waals surface area contributed by atoms with E-state index in [0.29, 0.717) is 25.4 Å². The van der Waals surface area contributed by atoms with Gasteiger partial charge >= 0.3 is 11.9 Å². The van der Waals surface area contributed by atoms with Crippen molar-refractivity contribution in [1.82, 2.24) is 5.32 Å². The van der Waals surface area contributed by atoms with Gasteiger partial charge in [0.25, 0.3) is 5.69 Å². The van der Waals surface area contributed by atoms with Crippen LogP contribution in [0.25, 0.3) is 0 Å². The van der Waals surface area contributed by atoms with E-state index in [2.05, 4.69) is 5.32 Å². The summed E-state index contributed by atoms with van der Waals surface area (Å²) >= 11 is 0. The molecule has 0 spiro atoms. The van der Waals surface area contributed by atoms with E-state index in [-0.39, 0.29) is 46.5 Å². The Kier molecular flexibility index (Phi) is 8.03. The van der Waals surface area contributed by atoms with Crippen LogP contribution in [0.3, 0.4) is 0 Å². The third kappa shape index (κ3) is 5.82. The van der Waals surface area contributed by atoms with Gasteiger partial charge in [0.05, 0.1) is 42.3 Å². The Labute approximate surface area is 218 Å². The molecule has 0 bridgehead atoms. The number of carbonyl (C=O) groups excluding carboxylic acids is 2. The highest BCUT2D eigenvalue weighted by Gasteiger charge is 2.39. The topological polar surface area (TPSA) is 153 Å². The van der Waals surface area contributed by atoms with Crippen molar-refractivity contribution in [3.63, 3.8) is 0 Å². The molecule has 2 heterocycles. The lowest BCUT2D eigenvalue weighted by atomic mass is 9.80. The van der Waals surface area contributed by atoms with Crippen LogP contribution in [-0.4, -0.2) is 49.9 Å². The minimum atomic E-state index is -1.13. The number of nitro groups is 1. The lowest BCUT2D eigenvalue weighted by Gasteiger charge is -2.29. The third-order valence-electron chi connectivity index (χ3n) is 6.12. The highest BCUT2D eigenvalue weighted by molar-refractivity contribution is 6.00. The minimum absolute atomic E-state index is 0.0000479. The molecule has 1 fully saturated rings. The first-order valence-corrected chi connectivity index (χ1v) is 11.8. The smallest absolute Gasteiger partial charge is 0.337 e. The van der Waals surface area contributed by atoms with E-state index in [1.54, 1.807) is 13.0 Å². The Morgan fingerprint density at radius 2 is 1.95 bits per heavy atom. The fourth-order valence-corrected chi connectivity index (χ4v) is 4.20. The summed E-state index contributed by atoms with van der Waals surface area (Å²) in [6.45, 7) is 2.67. The van der Waals surface area contributed by atoms with Crippen LogP contribution in [0.15, 0.2) is 71.1 Å². The van der Waals surface area contributed by atoms with Crippen molar-refractivity contribution in [2.24, 2.45) is 0 Å². The Balaban J connectivity index is 1.60. The molecule has 0 saturated carbocycles. The first-order valence-electron chi connectivity index (χ1n) is 11.8. The van der Waals surface area contributed by atoms with Gasteiger partial charge in [0.15, 0.2) is 0 Å². The molecule has 2 aliphatic rings. The zero-order chi connectivity index (χ0) is 27.2. The number of hydrogen-bond donors (Lipinski definition) is 1. The highest BCUT2D eigenvalue weighted by atomic mass is 16.6. The molecule has 2 aliphatic heterocycles. The maximum absolute atomic E-state index is 13.4. The van der Waals surface area contributed by atoms with E-state index in [9.17, 15) is 25.0 Å². The molecule has 2 aromatic carbocycles. The van der Waals surface area contributed by atoms with Gasteiger partial charge in [-0.15, -0.1) is 0 Å². The Morgan fingerprint density at radius 1 is 1.18 bits per heavy atom. The number of nitrogens with zero attached hydrogens (tertiary/aromatic N) is 2. The van der Waals surface area contributed by atoms with Crippen molar-refractivity contribution in [3.8, 4) is 11.8 Å². The van der Waals surface area contributed by atoms with Crippen LogP contribution in [0, 0.1) is 21.4 Å². The van der Waals surface area contributed by atoms with Crippen molar-refractivity contribution >= 4 is 17.6 Å². The molecule has 0 aromatic heterocycles. The number of carbonyl (C=O) groups is 2. The van der Waals surface area contributed by atoms with Gasteiger partial charge in [-0.2, -0.15) is 5.26 Å². The first-order chi connectivity index (χ1) is 18.3. The van der Waals surface area contributed by atoms with Crippen LogP contribution in [0.1, 0.15) is 24.0 Å². The van der Waals surface area contributed by atoms with Gasteiger partial charge in [-0.25, -0.2) is 9.59 Å². The number of esters is 2. The molecule has 11 heteroatoms. The average molecular weight is 520 g/mol. The number of nitriles is 1. The lowest BCUT2D eigenvalue weighted by Crippen LogP contribution is -2.33. The number of benzene rings is 2. The van der Waals surface area contributed by atoms with Crippen molar-refractivity contribution in [1.29, 1.82) is 5.26 Å². The molecule has 0 radical (unpaired) electrons. The van der Waals surface area contributed by atoms with Crippen LogP contribution in [0.5, 0.6) is 5.75 Å². The molecule has 38 heavy (non-hydrogen) atoms. The van der Waals surface area contributed by atoms with Gasteiger partial charge in [0, 0.05) is 24.3 Å². The molecule has 196 valence electrons. The lowest BCUT2D eigenvalue weighted by molar-refractivity contribution is -0.384. The number of allylic oxidation sites excluding steroid dienone is 2. The van der Waals surface area contributed by atoms with Crippen molar-refractivity contribution in [2.75, 3.05) is 26.9 Å². The molecule has 2 atom stereocenters. The molecular formula is C27H25N3O8. The second-order valence-electron chi connectivity index (χ2n) is 8.60. The van der Waals surface area contributed by atoms with Crippen LogP contribution >= 0.6 is 0 Å². The average Bonchev–Trinajstić information content (AvgIpc) is 3.76. The molecule has 0 amide bonds. The van der Waals surface area contributed by atoms with Gasteiger partial charge < -0.3 is 24.3 Å². The summed E-state index contributed by atoms with van der Waals surface area (Å²) in [6, 6.07) is 14.8. The number of nitro benzene ring substituents is 1. The third-order valence-corrected chi connectivity index (χ3v) is 6.12. The number of epoxide rings is 1. The number of hydrogen-bond acceptors (Lipinski definition) is 10. The van der Waals surface area contributed by atoms with Crippen molar-refractivity contribution in [3.05, 3.63) is 92.3 Å². The second kappa shape index (κ2) is 11.6. The minimum Gasteiger partial charge on any atom is -0.491 e. The maximum Gasteiger partial charge on any atom is 0.337 e. The van der Waals surface area contributed by atoms with Crippen LogP contribution in [0.2, 0.25) is 0 Å². The zero-order valence-electron chi connectivity index (χ0n) is 20.8. The normalized spacial score (nSPS) is 18.2. The largest absolute Gasteiger partial charge is 0.491 e. The van der Waals surface area contributed by atoms with E-state index in [4.69, 9.17) is 18.9 Å². The number of rotatable bonds is 10. The van der Waals surface area contributed by atoms with Gasteiger partial charge in [-0.3, -0.25) is 10.1 Å². The Morgan fingerprint density at radius 3 is 2.63 bits per heavy atom. The standard InChI is InChI=1S/C27H25N3O8/c1-16-23(27(32)36-11-10-17-6-3-4-9-22(17)38-15-20-14-37-20)24(18-7-5-8-19(12-18)30(33)34)25(26(31)35-2)21(13-28)29-16/h3-9,12,20,24,29H,10-11,14-15H2,1-2H3. The van der Waals surface area contributed by atoms with E-state index in [0.717, 1.165) is 12.7 Å². The van der Waals surface area contributed by atoms with E-state index < -0.39 is 22.8 Å². The Hall–Kier alpha value is -4.69. The number of para-hydroxylation sites is 1. The second-order valence-corrected chi connectivity index (χ2v) is 8.60. The summed E-state index contributed by atoms with van der Waals surface area (Å²) < 4.78 is 21.5. The first kappa shape index (κ1) is 26.4. The SMILES string of the molecule is COC(=O)C1=C(C#N)NC(C)=C(C(=O)OCCc2ccccc2OCC2CO2)C1c1cccc([N+](=O)[O-])c1. The predicted octanol–water partition coefficient (Wildman–Crippen LogP) is 3.07. The molecule has 2 aromatic rings. The van der Waals surface area contributed by atoms with Crippen LogP contribution in [0.4, 0.5) is 5.69 Å². The highest BCUT2D eigenvalue weighted by Crippen LogP contribution is 2.40. The number of non-ortho nitro benzene ring substituents is 1. The van der Waals surface area contributed by atoms with Gasteiger partial charge in [0.1, 0.15) is 30.2 Å². The number of methoxy groups -OCH3 is 1. The van der Waals surface area contributed by atoms with Crippen molar-refractivity contribution < 1.29 is 33.5 Å². The molecule has 2 unspecified atom stereocenters. The quantitative estimate of drug-likeness (QED) is 0.214. The van der Waals surface area contributed by atoms with Crippen LogP contribution in [-0.2, 0) is 30.2 Å². The number of ether oxygens (including phenoxy) is 4. The summed E-state index contributed by atoms with van der Waals surface area (Å²) in [5.74, 6) is -2.05. The number of dihydropyridines is 1.